The van der Waals surface area contributed by atoms with Gasteiger partial charge in [0.1, 0.15) is 10.5 Å². The van der Waals surface area contributed by atoms with Gasteiger partial charge in [-0.2, -0.15) is 18.2 Å². The lowest BCUT2D eigenvalue weighted by Gasteiger charge is -2.31. The number of benzene rings is 1. The summed E-state index contributed by atoms with van der Waals surface area (Å²) in [4.78, 5) is 10.4. The van der Waals surface area contributed by atoms with Gasteiger partial charge in [-0.1, -0.05) is 6.07 Å². The number of hydrogen-bond acceptors (Lipinski definition) is 8. The predicted molar refractivity (Wildman–Crippen MR) is 99.4 cm³/mol. The lowest BCUT2D eigenvalue weighted by molar-refractivity contribution is -0.357. The van der Waals surface area contributed by atoms with Gasteiger partial charge in [0.05, 0.1) is 11.1 Å². The SMILES string of the molecule is OC(O)(c1ccc(-c2nccs2)c2oc(N3CC4CCC(C3)N4)nc12)C(F)(F)F. The van der Waals surface area contributed by atoms with E-state index in [2.05, 4.69) is 15.3 Å². The van der Waals surface area contributed by atoms with Crippen LogP contribution in [0, 0.1) is 0 Å². The average molecular weight is 426 g/mol. The van der Waals surface area contributed by atoms with Gasteiger partial charge in [0, 0.05) is 36.8 Å². The van der Waals surface area contributed by atoms with Crippen molar-refractivity contribution in [1.82, 2.24) is 15.3 Å². The van der Waals surface area contributed by atoms with Gasteiger partial charge in [0.15, 0.2) is 5.58 Å². The van der Waals surface area contributed by atoms with E-state index in [1.807, 2.05) is 4.90 Å². The minimum absolute atomic E-state index is 0.0510. The topological polar surface area (TPSA) is 94.7 Å². The zero-order chi connectivity index (χ0) is 20.4. The Morgan fingerprint density at radius 1 is 1.17 bits per heavy atom. The standard InChI is InChI=1S/C18H17F3N4O3S/c19-18(20,21)17(26,27)12-4-3-11(15-22-5-6-29-15)14-13(12)24-16(28-14)25-7-9-1-2-10(8-25)23-9/h3-6,9-10,23,26-27H,1-2,7-8H2. The van der Waals surface area contributed by atoms with Crippen LogP contribution in [0.2, 0.25) is 0 Å². The van der Waals surface area contributed by atoms with Crippen LogP contribution in [0.3, 0.4) is 0 Å². The number of nitrogens with one attached hydrogen (secondary N) is 1. The third kappa shape index (κ3) is 3.00. The molecule has 4 heterocycles. The van der Waals surface area contributed by atoms with Crippen molar-refractivity contribution < 1.29 is 27.8 Å². The number of nitrogens with zero attached hydrogens (tertiary/aromatic N) is 3. The molecule has 2 saturated heterocycles. The number of aromatic nitrogens is 2. The summed E-state index contributed by atoms with van der Waals surface area (Å²) in [6.07, 6.45) is -1.69. The van der Waals surface area contributed by atoms with E-state index in [1.54, 1.807) is 11.6 Å². The van der Waals surface area contributed by atoms with Crippen molar-refractivity contribution in [2.24, 2.45) is 0 Å². The molecule has 2 aromatic heterocycles. The molecule has 0 radical (unpaired) electrons. The van der Waals surface area contributed by atoms with Crippen LogP contribution < -0.4 is 10.2 Å². The number of fused-ring (bicyclic) bond motifs is 3. The minimum Gasteiger partial charge on any atom is -0.423 e. The van der Waals surface area contributed by atoms with Crippen LogP contribution in [0.1, 0.15) is 18.4 Å². The Morgan fingerprint density at radius 3 is 2.52 bits per heavy atom. The van der Waals surface area contributed by atoms with Crippen molar-refractivity contribution in [3.8, 4) is 10.6 Å². The van der Waals surface area contributed by atoms with Crippen LogP contribution in [-0.4, -0.2) is 51.5 Å². The van der Waals surface area contributed by atoms with E-state index in [0.29, 0.717) is 23.7 Å². The highest BCUT2D eigenvalue weighted by molar-refractivity contribution is 7.13. The van der Waals surface area contributed by atoms with Crippen molar-refractivity contribution in [1.29, 1.82) is 0 Å². The Hall–Kier alpha value is -2.21. The van der Waals surface area contributed by atoms with E-state index < -0.39 is 17.5 Å². The second kappa shape index (κ2) is 6.39. The summed E-state index contributed by atoms with van der Waals surface area (Å²) in [5.41, 5.74) is -0.502. The second-order valence-electron chi connectivity index (χ2n) is 7.38. The van der Waals surface area contributed by atoms with Crippen molar-refractivity contribution in [2.45, 2.75) is 36.9 Å². The molecule has 2 fully saturated rings. The molecule has 154 valence electrons. The summed E-state index contributed by atoms with van der Waals surface area (Å²) in [6.45, 7) is 1.24. The first kappa shape index (κ1) is 18.8. The van der Waals surface area contributed by atoms with Crippen LogP contribution >= 0.6 is 11.3 Å². The monoisotopic (exact) mass is 426 g/mol. The lowest BCUT2D eigenvalue weighted by atomic mass is 10.0. The number of rotatable bonds is 3. The van der Waals surface area contributed by atoms with Gasteiger partial charge in [0.25, 0.3) is 11.8 Å². The van der Waals surface area contributed by atoms with Crippen LogP contribution in [0.5, 0.6) is 0 Å². The molecular weight excluding hydrogens is 409 g/mol. The Bertz CT molecular complexity index is 1040. The summed E-state index contributed by atoms with van der Waals surface area (Å²) in [5, 5.41) is 25.5. The molecular formula is C18H17F3N4O3S. The van der Waals surface area contributed by atoms with Gasteiger partial charge >= 0.3 is 6.18 Å². The number of aliphatic hydroxyl groups is 2. The lowest BCUT2D eigenvalue weighted by Crippen LogP contribution is -2.51. The number of oxazole rings is 1. The fourth-order valence-corrected chi connectivity index (χ4v) is 4.70. The van der Waals surface area contributed by atoms with Gasteiger partial charge in [-0.05, 0) is 18.9 Å². The quantitative estimate of drug-likeness (QED) is 0.554. The molecule has 3 N–H and O–H groups in total. The molecule has 3 aromatic rings. The Balaban J connectivity index is 1.68. The maximum absolute atomic E-state index is 13.3. The molecule has 0 spiro atoms. The third-order valence-corrected chi connectivity index (χ3v) is 6.26. The number of thiazole rings is 1. The van der Waals surface area contributed by atoms with Gasteiger partial charge in [-0.25, -0.2) is 4.98 Å². The summed E-state index contributed by atoms with van der Waals surface area (Å²) in [6, 6.07) is 3.07. The largest absolute Gasteiger partial charge is 0.447 e. The smallest absolute Gasteiger partial charge is 0.423 e. The van der Waals surface area contributed by atoms with Gasteiger partial charge < -0.3 is 24.8 Å². The maximum atomic E-state index is 13.3. The van der Waals surface area contributed by atoms with Crippen molar-refractivity contribution in [3.63, 3.8) is 0 Å². The van der Waals surface area contributed by atoms with Gasteiger partial charge in [-0.3, -0.25) is 0 Å². The number of anilines is 1. The first-order chi connectivity index (χ1) is 13.7. The second-order valence-corrected chi connectivity index (χ2v) is 8.28. The van der Waals surface area contributed by atoms with Gasteiger partial charge in [0.2, 0.25) is 0 Å². The number of alkyl halides is 3. The molecule has 5 rings (SSSR count). The minimum atomic E-state index is -5.30. The van der Waals surface area contributed by atoms with Crippen LogP contribution in [0.25, 0.3) is 21.7 Å². The van der Waals surface area contributed by atoms with Crippen molar-refractivity contribution >= 4 is 28.5 Å². The molecule has 1 aromatic carbocycles. The van der Waals surface area contributed by atoms with E-state index in [9.17, 15) is 23.4 Å². The summed E-state index contributed by atoms with van der Waals surface area (Å²) >= 11 is 1.30. The Kier molecular flexibility index (Phi) is 4.14. The number of halogens is 3. The third-order valence-electron chi connectivity index (χ3n) is 5.45. The highest BCUT2D eigenvalue weighted by Crippen LogP contribution is 2.43. The van der Waals surface area contributed by atoms with E-state index in [4.69, 9.17) is 4.42 Å². The summed E-state index contributed by atoms with van der Waals surface area (Å²) in [7, 11) is 0. The average Bonchev–Trinajstić information content (AvgIpc) is 3.39. The maximum Gasteiger partial charge on any atom is 0.447 e. The molecule has 2 atom stereocenters. The van der Waals surface area contributed by atoms with E-state index in [1.165, 1.54) is 17.4 Å². The normalized spacial score (nSPS) is 22.6. The highest BCUT2D eigenvalue weighted by atomic mass is 32.1. The molecule has 2 unspecified atom stereocenters. The highest BCUT2D eigenvalue weighted by Gasteiger charge is 2.55. The summed E-state index contributed by atoms with van der Waals surface area (Å²) in [5.74, 6) is -4.05. The fourth-order valence-electron chi connectivity index (χ4n) is 4.04. The molecule has 7 nitrogen and oxygen atoms in total. The number of piperazine rings is 1. The molecule has 2 aliphatic rings. The zero-order valence-corrected chi connectivity index (χ0v) is 15.8. The van der Waals surface area contributed by atoms with Crippen molar-refractivity contribution in [3.05, 3.63) is 29.3 Å². The van der Waals surface area contributed by atoms with Crippen molar-refractivity contribution in [2.75, 3.05) is 18.0 Å². The van der Waals surface area contributed by atoms with Crippen LogP contribution in [-0.2, 0) is 5.79 Å². The molecule has 2 bridgehead atoms. The molecule has 29 heavy (non-hydrogen) atoms. The van der Waals surface area contributed by atoms with E-state index in [0.717, 1.165) is 18.9 Å². The first-order valence-corrected chi connectivity index (χ1v) is 9.98. The summed E-state index contributed by atoms with van der Waals surface area (Å²) < 4.78 is 45.8. The first-order valence-electron chi connectivity index (χ1n) is 9.10. The van der Waals surface area contributed by atoms with Gasteiger partial charge in [-0.15, -0.1) is 11.3 Å². The molecule has 0 aliphatic carbocycles. The molecule has 0 saturated carbocycles. The number of hydrogen-bond donors (Lipinski definition) is 3. The fraction of sp³-hybridized carbons (Fsp3) is 0.444. The van der Waals surface area contributed by atoms with E-state index >= 15 is 0 Å². The van der Waals surface area contributed by atoms with Crippen LogP contribution in [0.4, 0.5) is 19.2 Å². The Labute approximate surface area is 166 Å². The Morgan fingerprint density at radius 2 is 1.90 bits per heavy atom. The predicted octanol–water partition coefficient (Wildman–Crippen LogP) is 2.59. The van der Waals surface area contributed by atoms with Crippen LogP contribution in [0.15, 0.2) is 28.1 Å². The van der Waals surface area contributed by atoms with E-state index in [-0.39, 0.29) is 29.2 Å². The molecule has 2 aliphatic heterocycles. The molecule has 11 heteroatoms. The molecule has 0 amide bonds. The zero-order valence-electron chi connectivity index (χ0n) is 15.0.